The van der Waals surface area contributed by atoms with E-state index in [4.69, 9.17) is 62.6 Å². The SMILES string of the molecule is C.Clc1ccc(N2CCNCC2)cc1.[N-]=[N+]=NCc1c(Cl)c(C(F)(F)F)nn1CC(=O)N1CCN(c2ccc(Cl)cc2)CC1.[N-]=[N+]=NCc1c(Cl)c(C(F)(F)F)nn1CC(=O)O. The lowest BCUT2D eigenvalue weighted by atomic mass is 10.2. The van der Waals surface area contributed by atoms with Gasteiger partial charge >= 0.3 is 18.3 Å². The van der Waals surface area contributed by atoms with Gasteiger partial charge in [-0.15, -0.1) is 0 Å². The van der Waals surface area contributed by atoms with Crippen LogP contribution < -0.4 is 15.1 Å². The van der Waals surface area contributed by atoms with Crippen molar-refractivity contribution in [2.45, 2.75) is 46.0 Å². The average Bonchev–Trinajstić information content (AvgIpc) is 3.71. The predicted molar refractivity (Wildman–Crippen MR) is 221 cm³/mol. The van der Waals surface area contributed by atoms with Crippen molar-refractivity contribution in [2.75, 3.05) is 62.2 Å². The van der Waals surface area contributed by atoms with Crippen LogP contribution in [0.15, 0.2) is 58.8 Å². The lowest BCUT2D eigenvalue weighted by Gasteiger charge is -2.36. The minimum Gasteiger partial charge on any atom is -0.480 e. The number of azide groups is 2. The Morgan fingerprint density at radius 3 is 1.44 bits per heavy atom. The maximum Gasteiger partial charge on any atom is 0.436 e. The molecule has 4 heterocycles. The molecule has 2 aliphatic rings. The summed E-state index contributed by atoms with van der Waals surface area (Å²) in [5.74, 6) is -1.80. The van der Waals surface area contributed by atoms with Crippen molar-refractivity contribution in [2.24, 2.45) is 10.2 Å². The van der Waals surface area contributed by atoms with Crippen LogP contribution in [0, 0.1) is 0 Å². The van der Waals surface area contributed by atoms with Crippen molar-refractivity contribution in [3.63, 3.8) is 0 Å². The highest BCUT2D eigenvalue weighted by atomic mass is 35.5. The smallest absolute Gasteiger partial charge is 0.436 e. The molecule has 2 aromatic carbocycles. The summed E-state index contributed by atoms with van der Waals surface area (Å²) >= 11 is 23.0. The van der Waals surface area contributed by atoms with Gasteiger partial charge in [-0.3, -0.25) is 19.0 Å². The zero-order chi connectivity index (χ0) is 44.9. The van der Waals surface area contributed by atoms with E-state index in [1.54, 1.807) is 17.0 Å². The van der Waals surface area contributed by atoms with Crippen LogP contribution in [0.3, 0.4) is 0 Å². The van der Waals surface area contributed by atoms with Crippen LogP contribution in [0.5, 0.6) is 0 Å². The fourth-order valence-electron chi connectivity index (χ4n) is 5.87. The molecule has 2 aliphatic heterocycles. The maximum atomic E-state index is 13.1. The molecule has 17 nitrogen and oxygen atoms in total. The standard InChI is InChI=1S/C17H16Cl2F3N7O.C10H13ClN2.C7H5ClF3N5O2.CH4/c18-11-1-3-12(4-2-11)27-5-7-28(8-6-27)14(30)10-29-13(9-24-26-23)15(19)16(25-29)17(20,21)22;11-9-1-3-10(4-2-9)13-7-5-12-6-8-13;8-5-3(1-13-15-12)16(2-4(17)18)14-6(5)7(9,10)11;/h1-4H,5-10H2;1-4,12H,5-8H2;1-2H2,(H,17,18);1H4. The van der Waals surface area contributed by atoms with Crippen LogP contribution in [0.25, 0.3) is 20.9 Å². The van der Waals surface area contributed by atoms with E-state index in [0.29, 0.717) is 35.9 Å². The minimum atomic E-state index is -4.81. The van der Waals surface area contributed by atoms with E-state index in [1.165, 1.54) is 5.69 Å². The van der Waals surface area contributed by atoms with Gasteiger partial charge in [0.15, 0.2) is 11.4 Å². The summed E-state index contributed by atoms with van der Waals surface area (Å²) in [6, 6.07) is 15.4. The Morgan fingerprint density at radius 2 is 1.06 bits per heavy atom. The molecule has 0 unspecified atom stereocenters. The number of hydrogen-bond donors (Lipinski definition) is 2. The molecule has 2 N–H and O–H groups in total. The second-order valence-corrected chi connectivity index (χ2v) is 14.4. The van der Waals surface area contributed by atoms with E-state index in [2.05, 4.69) is 57.5 Å². The van der Waals surface area contributed by atoms with Crippen LogP contribution in [-0.2, 0) is 48.1 Å². The summed E-state index contributed by atoms with van der Waals surface area (Å²) in [6.45, 7) is 4.01. The van der Waals surface area contributed by atoms with E-state index in [9.17, 15) is 35.9 Å². The maximum absolute atomic E-state index is 13.1. The molecule has 0 spiro atoms. The number of rotatable bonds is 10. The first-order chi connectivity index (χ1) is 28.8. The number of nitrogens with zero attached hydrogens (tertiary/aromatic N) is 13. The topological polar surface area (TPSA) is 209 Å². The zero-order valence-electron chi connectivity index (χ0n) is 31.5. The number of halogens is 10. The first-order valence-corrected chi connectivity index (χ1v) is 19.2. The third kappa shape index (κ3) is 14.4. The lowest BCUT2D eigenvalue weighted by Crippen LogP contribution is -2.49. The number of carbonyl (C=O) groups is 2. The van der Waals surface area contributed by atoms with Gasteiger partial charge in [0.25, 0.3) is 0 Å². The van der Waals surface area contributed by atoms with Crippen LogP contribution in [0.4, 0.5) is 37.7 Å². The van der Waals surface area contributed by atoms with E-state index < -0.39 is 71.8 Å². The molecule has 0 aliphatic carbocycles. The molecule has 0 radical (unpaired) electrons. The van der Waals surface area contributed by atoms with Gasteiger partial charge in [0.1, 0.15) is 13.1 Å². The Morgan fingerprint density at radius 1 is 0.677 bits per heavy atom. The number of piperazine rings is 2. The third-order valence-electron chi connectivity index (χ3n) is 8.79. The van der Waals surface area contributed by atoms with Crippen molar-refractivity contribution in [1.29, 1.82) is 0 Å². The number of carboxylic acids is 1. The molecule has 336 valence electrons. The van der Waals surface area contributed by atoms with Crippen LogP contribution >= 0.6 is 46.4 Å². The van der Waals surface area contributed by atoms with Crippen LogP contribution in [0.1, 0.15) is 30.2 Å². The Kier molecular flexibility index (Phi) is 19.1. The molecule has 27 heteroatoms. The van der Waals surface area contributed by atoms with Gasteiger partial charge in [0.05, 0.1) is 34.5 Å². The second kappa shape index (κ2) is 23.2. The van der Waals surface area contributed by atoms with Gasteiger partial charge in [-0.25, -0.2) is 0 Å². The van der Waals surface area contributed by atoms with Crippen molar-refractivity contribution in [3.8, 4) is 0 Å². The number of aliphatic carboxylic acids is 1. The van der Waals surface area contributed by atoms with E-state index in [0.717, 1.165) is 41.6 Å². The molecule has 2 saturated heterocycles. The largest absolute Gasteiger partial charge is 0.480 e. The molecule has 0 atom stereocenters. The van der Waals surface area contributed by atoms with Crippen molar-refractivity contribution < 1.29 is 41.0 Å². The summed E-state index contributed by atoms with van der Waals surface area (Å²) in [5.41, 5.74) is 15.6. The molecule has 0 bridgehead atoms. The van der Waals surface area contributed by atoms with Crippen molar-refractivity contribution >= 4 is 69.7 Å². The Balaban J connectivity index is 0.000000271. The van der Waals surface area contributed by atoms with E-state index in [-0.39, 0.29) is 18.8 Å². The highest BCUT2D eigenvalue weighted by Crippen LogP contribution is 2.37. The molecular weight excluding hydrogens is 920 g/mol. The number of alkyl halides is 6. The first-order valence-electron chi connectivity index (χ1n) is 17.7. The number of amides is 1. The molecule has 2 fully saturated rings. The number of nitrogens with one attached hydrogen (secondary N) is 1. The molecule has 6 rings (SSSR count). The number of carboxylic acid groups (broad SMARTS) is 1. The highest BCUT2D eigenvalue weighted by molar-refractivity contribution is 6.32. The summed E-state index contributed by atoms with van der Waals surface area (Å²) in [4.78, 5) is 34.0. The summed E-state index contributed by atoms with van der Waals surface area (Å²) in [5, 5.41) is 24.7. The molecule has 1 amide bonds. The van der Waals surface area contributed by atoms with Gasteiger partial charge in [-0.1, -0.05) is 64.1 Å². The Bertz CT molecular complexity index is 2210. The number of anilines is 2. The first kappa shape index (κ1) is 51.1. The zero-order valence-corrected chi connectivity index (χ0v) is 34.5. The number of benzene rings is 2. The van der Waals surface area contributed by atoms with E-state index >= 15 is 0 Å². The fraction of sp³-hybridized carbons (Fsp3) is 0.429. The number of hydrogen-bond acceptors (Lipinski definition) is 9. The summed E-state index contributed by atoms with van der Waals surface area (Å²) < 4.78 is 78.2. The fourth-order valence-corrected chi connectivity index (χ4v) is 6.73. The van der Waals surface area contributed by atoms with Crippen LogP contribution in [-0.4, -0.2) is 93.8 Å². The Labute approximate surface area is 369 Å². The highest BCUT2D eigenvalue weighted by Gasteiger charge is 2.40. The average molecular weight is 959 g/mol. The molecule has 4 aromatic rings. The number of carbonyl (C=O) groups excluding carboxylic acids is 1. The van der Waals surface area contributed by atoms with Gasteiger partial charge in [-0.2, -0.15) is 36.5 Å². The molecular formula is C35H38Cl4F6N14O3. The monoisotopic (exact) mass is 956 g/mol. The molecule has 2 aromatic heterocycles. The quantitative estimate of drug-likeness (QED) is 0.0676. The van der Waals surface area contributed by atoms with Gasteiger partial charge in [-0.05, 0) is 59.6 Å². The van der Waals surface area contributed by atoms with Crippen molar-refractivity contribution in [1.82, 2.24) is 29.8 Å². The van der Waals surface area contributed by atoms with Crippen LogP contribution in [0.2, 0.25) is 20.1 Å². The Hall–Kier alpha value is -5.28. The van der Waals surface area contributed by atoms with Crippen molar-refractivity contribution in [3.05, 3.63) is 112 Å². The van der Waals surface area contributed by atoms with E-state index in [1.807, 2.05) is 24.3 Å². The van der Waals surface area contributed by atoms with Gasteiger partial charge < -0.3 is 25.1 Å². The normalized spacial score (nSPS) is 13.9. The molecule has 62 heavy (non-hydrogen) atoms. The summed E-state index contributed by atoms with van der Waals surface area (Å²) in [6.07, 6.45) is -9.60. The second-order valence-electron chi connectivity index (χ2n) is 12.8. The van der Waals surface area contributed by atoms with Gasteiger partial charge in [0.2, 0.25) is 5.91 Å². The van der Waals surface area contributed by atoms with Gasteiger partial charge in [0, 0.05) is 83.6 Å². The summed E-state index contributed by atoms with van der Waals surface area (Å²) in [7, 11) is 0. The number of aromatic nitrogens is 4. The minimum absolute atomic E-state index is 0. The third-order valence-corrected chi connectivity index (χ3v) is 10.1. The lowest BCUT2D eigenvalue weighted by molar-refractivity contribution is -0.143. The predicted octanol–water partition coefficient (Wildman–Crippen LogP) is 9.20. The molecule has 0 saturated carbocycles.